The van der Waals surface area contributed by atoms with Crippen LogP contribution in [0.25, 0.3) is 0 Å². The second kappa shape index (κ2) is 6.91. The number of hydrogen-bond donors (Lipinski definition) is 2. The highest BCUT2D eigenvalue weighted by Crippen LogP contribution is 2.26. The number of likely N-dealkylation sites (N-methyl/N-ethyl adjacent to an activating group) is 1. The molecule has 0 aliphatic carbocycles. The fraction of sp³-hybridized carbons (Fsp3) is 0.615. The predicted molar refractivity (Wildman–Crippen MR) is 81.7 cm³/mol. The molecule has 2 atom stereocenters. The lowest BCUT2D eigenvalue weighted by atomic mass is 10.2. The van der Waals surface area contributed by atoms with Gasteiger partial charge in [0, 0.05) is 27.7 Å². The number of ether oxygens (including phenoxy) is 1. The van der Waals surface area contributed by atoms with E-state index in [-0.39, 0.29) is 18.1 Å². The van der Waals surface area contributed by atoms with Gasteiger partial charge in [0.05, 0.1) is 6.10 Å². The van der Waals surface area contributed by atoms with Crippen LogP contribution in [0, 0.1) is 0 Å². The average molecular weight is 314 g/mol. The van der Waals surface area contributed by atoms with Crippen molar-refractivity contribution in [2.45, 2.75) is 25.0 Å². The maximum absolute atomic E-state index is 11.8. The average Bonchev–Trinajstić information content (AvgIpc) is 2.93. The van der Waals surface area contributed by atoms with Gasteiger partial charge in [-0.05, 0) is 12.8 Å². The quantitative estimate of drug-likeness (QED) is 0.796. The number of aromatic nitrogens is 2. The minimum Gasteiger partial charge on any atom is -0.383 e. The molecule has 21 heavy (non-hydrogen) atoms. The molecule has 0 bridgehead atoms. The summed E-state index contributed by atoms with van der Waals surface area (Å²) in [4.78, 5) is 21.5. The van der Waals surface area contributed by atoms with Gasteiger partial charge in [0.25, 0.3) is 5.91 Å². The number of amides is 1. The number of hydrogen-bond acceptors (Lipinski definition) is 6. The van der Waals surface area contributed by atoms with Crippen molar-refractivity contribution in [3.63, 3.8) is 0 Å². The van der Waals surface area contributed by atoms with E-state index in [1.165, 1.54) is 6.33 Å². The lowest BCUT2D eigenvalue weighted by molar-refractivity contribution is -0.140. The van der Waals surface area contributed by atoms with Crippen LogP contribution in [0.2, 0.25) is 5.15 Å². The number of anilines is 2. The standard InChI is InChI=1S/C13H20ClN5O2/c1-15-10-11(14)17-7-18-12(10)16-6-8-4-5-9(21-8)13(20)19(2)3/h7-9,15H,4-6H2,1-3H3,(H,16,17,18). The van der Waals surface area contributed by atoms with Gasteiger partial charge in [0.15, 0.2) is 11.0 Å². The normalized spacial score (nSPS) is 21.1. The van der Waals surface area contributed by atoms with Crippen LogP contribution in [0.3, 0.4) is 0 Å². The summed E-state index contributed by atoms with van der Waals surface area (Å²) in [6.07, 6.45) is 2.62. The summed E-state index contributed by atoms with van der Waals surface area (Å²) in [6, 6.07) is 0. The molecule has 2 heterocycles. The largest absolute Gasteiger partial charge is 0.383 e. The van der Waals surface area contributed by atoms with Crippen LogP contribution in [0.15, 0.2) is 6.33 Å². The summed E-state index contributed by atoms with van der Waals surface area (Å²) in [7, 11) is 5.23. The lowest BCUT2D eigenvalue weighted by Gasteiger charge is -2.18. The first kappa shape index (κ1) is 15.8. The van der Waals surface area contributed by atoms with E-state index in [1.807, 2.05) is 0 Å². The van der Waals surface area contributed by atoms with Gasteiger partial charge in [-0.2, -0.15) is 0 Å². The Hall–Kier alpha value is -1.60. The van der Waals surface area contributed by atoms with Gasteiger partial charge in [-0.3, -0.25) is 4.79 Å². The van der Waals surface area contributed by atoms with Crippen LogP contribution in [0.4, 0.5) is 11.5 Å². The van der Waals surface area contributed by atoms with E-state index in [0.29, 0.717) is 23.2 Å². The molecule has 8 heteroatoms. The molecular formula is C13H20ClN5O2. The second-order valence-electron chi connectivity index (χ2n) is 5.08. The molecule has 1 amide bonds. The van der Waals surface area contributed by atoms with Gasteiger partial charge >= 0.3 is 0 Å². The van der Waals surface area contributed by atoms with Crippen LogP contribution in [-0.2, 0) is 9.53 Å². The van der Waals surface area contributed by atoms with Crippen molar-refractivity contribution >= 4 is 29.0 Å². The molecule has 2 rings (SSSR count). The first-order valence-electron chi connectivity index (χ1n) is 6.81. The van der Waals surface area contributed by atoms with Crippen molar-refractivity contribution in [2.24, 2.45) is 0 Å². The van der Waals surface area contributed by atoms with Gasteiger partial charge in [-0.25, -0.2) is 9.97 Å². The number of nitrogens with one attached hydrogen (secondary N) is 2. The topological polar surface area (TPSA) is 79.4 Å². The third-order valence-electron chi connectivity index (χ3n) is 3.37. The van der Waals surface area contributed by atoms with E-state index in [0.717, 1.165) is 12.8 Å². The maximum Gasteiger partial charge on any atom is 0.251 e. The molecule has 7 nitrogen and oxygen atoms in total. The van der Waals surface area contributed by atoms with Gasteiger partial charge in [0.1, 0.15) is 18.1 Å². The maximum atomic E-state index is 11.8. The Bertz CT molecular complexity index is 511. The highest BCUT2D eigenvalue weighted by Gasteiger charge is 2.31. The van der Waals surface area contributed by atoms with Gasteiger partial charge < -0.3 is 20.3 Å². The predicted octanol–water partition coefficient (Wildman–Crippen LogP) is 1.22. The monoisotopic (exact) mass is 313 g/mol. The van der Waals surface area contributed by atoms with E-state index in [9.17, 15) is 4.79 Å². The fourth-order valence-electron chi connectivity index (χ4n) is 2.26. The number of carbonyl (C=O) groups is 1. The molecule has 1 aromatic rings. The minimum absolute atomic E-state index is 0.0125. The number of halogens is 1. The number of carbonyl (C=O) groups excluding carboxylic acids is 1. The van der Waals surface area contributed by atoms with Crippen LogP contribution >= 0.6 is 11.6 Å². The number of nitrogens with zero attached hydrogens (tertiary/aromatic N) is 3. The molecule has 116 valence electrons. The van der Waals surface area contributed by atoms with Gasteiger partial charge in [0.2, 0.25) is 0 Å². The first-order valence-corrected chi connectivity index (χ1v) is 7.19. The van der Waals surface area contributed by atoms with E-state index >= 15 is 0 Å². The Morgan fingerprint density at radius 2 is 2.24 bits per heavy atom. The summed E-state index contributed by atoms with van der Waals surface area (Å²) >= 11 is 5.99. The van der Waals surface area contributed by atoms with Crippen LogP contribution in [0.1, 0.15) is 12.8 Å². The Morgan fingerprint density at radius 3 is 2.90 bits per heavy atom. The van der Waals surface area contributed by atoms with Crippen LogP contribution < -0.4 is 10.6 Å². The molecule has 0 spiro atoms. The Kier molecular flexibility index (Phi) is 5.19. The molecule has 0 saturated carbocycles. The zero-order chi connectivity index (χ0) is 15.4. The minimum atomic E-state index is -0.343. The zero-order valence-corrected chi connectivity index (χ0v) is 13.1. The van der Waals surface area contributed by atoms with Crippen molar-refractivity contribution in [3.8, 4) is 0 Å². The molecular weight excluding hydrogens is 294 g/mol. The molecule has 1 aliphatic rings. The molecule has 2 N–H and O–H groups in total. The third-order valence-corrected chi connectivity index (χ3v) is 3.66. The Labute approximate surface area is 129 Å². The van der Waals surface area contributed by atoms with Crippen LogP contribution in [0.5, 0.6) is 0 Å². The second-order valence-corrected chi connectivity index (χ2v) is 5.43. The van der Waals surface area contributed by atoms with Crippen molar-refractivity contribution in [2.75, 3.05) is 38.3 Å². The smallest absolute Gasteiger partial charge is 0.251 e. The summed E-state index contributed by atoms with van der Waals surface area (Å²) < 4.78 is 5.76. The molecule has 1 aliphatic heterocycles. The Morgan fingerprint density at radius 1 is 1.48 bits per heavy atom. The molecule has 2 unspecified atom stereocenters. The Balaban J connectivity index is 1.90. The van der Waals surface area contributed by atoms with E-state index < -0.39 is 0 Å². The summed E-state index contributed by atoms with van der Waals surface area (Å²) in [5.74, 6) is 0.641. The van der Waals surface area contributed by atoms with Crippen molar-refractivity contribution in [1.29, 1.82) is 0 Å². The van der Waals surface area contributed by atoms with Gasteiger partial charge in [-0.1, -0.05) is 11.6 Å². The fourth-order valence-corrected chi connectivity index (χ4v) is 2.48. The van der Waals surface area contributed by atoms with E-state index in [2.05, 4.69) is 20.6 Å². The first-order chi connectivity index (χ1) is 10.0. The summed E-state index contributed by atoms with van der Waals surface area (Å²) in [6.45, 7) is 0.569. The van der Waals surface area contributed by atoms with Crippen molar-refractivity contribution in [3.05, 3.63) is 11.5 Å². The van der Waals surface area contributed by atoms with E-state index in [4.69, 9.17) is 16.3 Å². The molecule has 1 fully saturated rings. The highest BCUT2D eigenvalue weighted by atomic mass is 35.5. The highest BCUT2D eigenvalue weighted by molar-refractivity contribution is 6.32. The van der Waals surface area contributed by atoms with Gasteiger partial charge in [-0.15, -0.1) is 0 Å². The SMILES string of the molecule is CNc1c(Cl)ncnc1NCC1CCC(C(=O)N(C)C)O1. The lowest BCUT2D eigenvalue weighted by Crippen LogP contribution is -2.34. The van der Waals surface area contributed by atoms with Crippen molar-refractivity contribution in [1.82, 2.24) is 14.9 Å². The third kappa shape index (κ3) is 3.74. The van der Waals surface area contributed by atoms with Crippen LogP contribution in [-0.4, -0.2) is 60.7 Å². The molecule has 1 aromatic heterocycles. The summed E-state index contributed by atoms with van der Waals surface area (Å²) in [5.41, 5.74) is 0.651. The summed E-state index contributed by atoms with van der Waals surface area (Å²) in [5, 5.41) is 6.51. The molecule has 0 radical (unpaired) electrons. The van der Waals surface area contributed by atoms with E-state index in [1.54, 1.807) is 26.0 Å². The van der Waals surface area contributed by atoms with Crippen molar-refractivity contribution < 1.29 is 9.53 Å². The number of rotatable bonds is 5. The molecule has 0 aromatic carbocycles. The molecule has 1 saturated heterocycles. The zero-order valence-electron chi connectivity index (χ0n) is 12.4.